The first kappa shape index (κ1) is 14.4. The topological polar surface area (TPSA) is 30.5 Å². The molecule has 106 valence electrons. The average Bonchev–Trinajstić information content (AvgIpc) is 2.84. The molecule has 1 aliphatic rings. The van der Waals surface area contributed by atoms with E-state index in [1.165, 1.54) is 18.4 Å². The molecule has 19 heavy (non-hydrogen) atoms. The zero-order valence-electron chi connectivity index (χ0n) is 12.2. The van der Waals surface area contributed by atoms with E-state index < -0.39 is 0 Å². The predicted octanol–water partition coefficient (Wildman–Crippen LogP) is 3.13. The Morgan fingerprint density at radius 2 is 2.16 bits per heavy atom. The Labute approximate surface area is 116 Å². The summed E-state index contributed by atoms with van der Waals surface area (Å²) in [4.78, 5) is 0. The van der Waals surface area contributed by atoms with Gasteiger partial charge in [0.15, 0.2) is 0 Å². The van der Waals surface area contributed by atoms with Crippen LogP contribution in [0.25, 0.3) is 0 Å². The van der Waals surface area contributed by atoms with E-state index in [4.69, 9.17) is 9.47 Å². The van der Waals surface area contributed by atoms with Gasteiger partial charge in [-0.2, -0.15) is 0 Å². The molecule has 1 fully saturated rings. The first-order chi connectivity index (χ1) is 9.17. The fourth-order valence-corrected chi connectivity index (χ4v) is 2.60. The smallest absolute Gasteiger partial charge is 0.120 e. The van der Waals surface area contributed by atoms with Crippen molar-refractivity contribution in [3.8, 4) is 5.75 Å². The molecule has 0 radical (unpaired) electrons. The van der Waals surface area contributed by atoms with E-state index in [2.05, 4.69) is 23.5 Å². The Balaban J connectivity index is 1.82. The van der Waals surface area contributed by atoms with Gasteiger partial charge in [0.05, 0.1) is 12.2 Å². The third kappa shape index (κ3) is 4.51. The van der Waals surface area contributed by atoms with E-state index in [-0.39, 0.29) is 6.10 Å². The van der Waals surface area contributed by atoms with Crippen molar-refractivity contribution in [2.75, 3.05) is 7.11 Å². The molecule has 2 rings (SSSR count). The minimum Gasteiger partial charge on any atom is -0.491 e. The highest BCUT2D eigenvalue weighted by Crippen LogP contribution is 2.22. The highest BCUT2D eigenvalue weighted by atomic mass is 16.5. The minimum atomic E-state index is 0.223. The van der Waals surface area contributed by atoms with Gasteiger partial charge in [-0.1, -0.05) is 12.1 Å². The Kier molecular flexibility index (Phi) is 5.23. The summed E-state index contributed by atoms with van der Waals surface area (Å²) in [7, 11) is 1.81. The summed E-state index contributed by atoms with van der Waals surface area (Å²) in [6.07, 6.45) is 4.16. The molecule has 0 heterocycles. The van der Waals surface area contributed by atoms with Gasteiger partial charge in [-0.25, -0.2) is 0 Å². The lowest BCUT2D eigenvalue weighted by Gasteiger charge is -2.14. The molecule has 1 aromatic carbocycles. The molecule has 1 N–H and O–H groups in total. The highest BCUT2D eigenvalue weighted by molar-refractivity contribution is 5.28. The largest absolute Gasteiger partial charge is 0.491 e. The van der Waals surface area contributed by atoms with Crippen molar-refractivity contribution in [1.29, 1.82) is 0 Å². The van der Waals surface area contributed by atoms with Crippen LogP contribution in [0.15, 0.2) is 24.3 Å². The van der Waals surface area contributed by atoms with E-state index in [0.717, 1.165) is 18.7 Å². The van der Waals surface area contributed by atoms with Crippen molar-refractivity contribution in [2.45, 2.75) is 57.9 Å². The zero-order chi connectivity index (χ0) is 13.7. The van der Waals surface area contributed by atoms with Gasteiger partial charge in [0, 0.05) is 19.7 Å². The Hall–Kier alpha value is -1.06. The summed E-state index contributed by atoms with van der Waals surface area (Å²) >= 11 is 0. The fraction of sp³-hybridized carbons (Fsp3) is 0.625. The van der Waals surface area contributed by atoms with Crippen LogP contribution < -0.4 is 10.1 Å². The predicted molar refractivity (Wildman–Crippen MR) is 77.5 cm³/mol. The number of ether oxygens (including phenoxy) is 2. The normalized spacial score (nSPS) is 22.9. The number of rotatable bonds is 6. The molecule has 2 unspecified atom stereocenters. The summed E-state index contributed by atoms with van der Waals surface area (Å²) in [6, 6.07) is 8.92. The molecule has 3 heteroatoms. The number of methoxy groups -OCH3 is 1. The van der Waals surface area contributed by atoms with Crippen LogP contribution in [-0.4, -0.2) is 25.4 Å². The third-order valence-corrected chi connectivity index (χ3v) is 3.58. The lowest BCUT2D eigenvalue weighted by molar-refractivity contribution is 0.107. The second kappa shape index (κ2) is 6.92. The molecule has 1 aliphatic carbocycles. The third-order valence-electron chi connectivity index (χ3n) is 3.58. The van der Waals surface area contributed by atoms with Crippen molar-refractivity contribution in [3.63, 3.8) is 0 Å². The zero-order valence-corrected chi connectivity index (χ0v) is 12.2. The maximum atomic E-state index is 5.71. The van der Waals surface area contributed by atoms with Crippen LogP contribution in [0.5, 0.6) is 5.75 Å². The molecule has 1 saturated carbocycles. The molecule has 1 aromatic rings. The van der Waals surface area contributed by atoms with E-state index in [1.54, 1.807) is 7.11 Å². The second-order valence-corrected chi connectivity index (χ2v) is 5.56. The van der Waals surface area contributed by atoms with Crippen LogP contribution in [0.4, 0.5) is 0 Å². The SMILES string of the molecule is COC1CCC(NCc2cccc(OC(C)C)c2)C1. The number of hydrogen-bond acceptors (Lipinski definition) is 3. The first-order valence-corrected chi connectivity index (χ1v) is 7.19. The van der Waals surface area contributed by atoms with Crippen molar-refractivity contribution in [1.82, 2.24) is 5.32 Å². The lowest BCUT2D eigenvalue weighted by Crippen LogP contribution is -2.26. The van der Waals surface area contributed by atoms with Crippen molar-refractivity contribution < 1.29 is 9.47 Å². The second-order valence-electron chi connectivity index (χ2n) is 5.56. The van der Waals surface area contributed by atoms with Crippen molar-refractivity contribution >= 4 is 0 Å². The Morgan fingerprint density at radius 3 is 2.84 bits per heavy atom. The average molecular weight is 263 g/mol. The van der Waals surface area contributed by atoms with Crippen LogP contribution >= 0.6 is 0 Å². The quantitative estimate of drug-likeness (QED) is 0.855. The molecule has 0 amide bonds. The molecular formula is C16H25NO2. The van der Waals surface area contributed by atoms with Crippen LogP contribution in [0.1, 0.15) is 38.7 Å². The molecule has 3 nitrogen and oxygen atoms in total. The van der Waals surface area contributed by atoms with Gasteiger partial charge in [-0.3, -0.25) is 0 Å². The maximum Gasteiger partial charge on any atom is 0.120 e. The Bertz CT molecular complexity index is 392. The summed E-state index contributed by atoms with van der Waals surface area (Å²) in [5.74, 6) is 0.954. The highest BCUT2D eigenvalue weighted by Gasteiger charge is 2.23. The van der Waals surface area contributed by atoms with Crippen LogP contribution in [0, 0.1) is 0 Å². The molecule has 0 aromatic heterocycles. The lowest BCUT2D eigenvalue weighted by atomic mass is 10.2. The van der Waals surface area contributed by atoms with Crippen LogP contribution in [0.3, 0.4) is 0 Å². The minimum absolute atomic E-state index is 0.223. The summed E-state index contributed by atoms with van der Waals surface area (Å²) in [5, 5.41) is 3.61. The molecule has 0 saturated heterocycles. The molecule has 0 bridgehead atoms. The van der Waals surface area contributed by atoms with Gasteiger partial charge in [0.2, 0.25) is 0 Å². The van der Waals surface area contributed by atoms with Gasteiger partial charge in [0.25, 0.3) is 0 Å². The van der Waals surface area contributed by atoms with Gasteiger partial charge in [-0.05, 0) is 50.8 Å². The molecule has 0 aliphatic heterocycles. The van der Waals surface area contributed by atoms with Crippen molar-refractivity contribution in [2.24, 2.45) is 0 Å². The number of hydrogen-bond donors (Lipinski definition) is 1. The standard InChI is InChI=1S/C16H25NO2/c1-12(2)19-16-6-4-5-13(9-16)11-17-14-7-8-15(10-14)18-3/h4-6,9,12,14-15,17H,7-8,10-11H2,1-3H3. The van der Waals surface area contributed by atoms with Gasteiger partial charge < -0.3 is 14.8 Å². The fourth-order valence-electron chi connectivity index (χ4n) is 2.60. The van der Waals surface area contributed by atoms with Crippen LogP contribution in [-0.2, 0) is 11.3 Å². The first-order valence-electron chi connectivity index (χ1n) is 7.19. The molecule has 2 atom stereocenters. The van der Waals surface area contributed by atoms with Gasteiger partial charge in [-0.15, -0.1) is 0 Å². The van der Waals surface area contributed by atoms with E-state index in [0.29, 0.717) is 12.1 Å². The van der Waals surface area contributed by atoms with Gasteiger partial charge >= 0.3 is 0 Å². The summed E-state index contributed by atoms with van der Waals surface area (Å²) in [5.41, 5.74) is 1.28. The monoisotopic (exact) mass is 263 g/mol. The Morgan fingerprint density at radius 1 is 1.32 bits per heavy atom. The van der Waals surface area contributed by atoms with Gasteiger partial charge in [0.1, 0.15) is 5.75 Å². The molecular weight excluding hydrogens is 238 g/mol. The summed E-state index contributed by atoms with van der Waals surface area (Å²) < 4.78 is 11.1. The van der Waals surface area contributed by atoms with Crippen LogP contribution in [0.2, 0.25) is 0 Å². The summed E-state index contributed by atoms with van der Waals surface area (Å²) in [6.45, 7) is 5.00. The van der Waals surface area contributed by atoms with Crippen molar-refractivity contribution in [3.05, 3.63) is 29.8 Å². The number of nitrogens with one attached hydrogen (secondary N) is 1. The molecule has 0 spiro atoms. The van der Waals surface area contributed by atoms with E-state index in [1.807, 2.05) is 19.9 Å². The maximum absolute atomic E-state index is 5.71. The number of benzene rings is 1. The van der Waals surface area contributed by atoms with E-state index in [9.17, 15) is 0 Å². The van der Waals surface area contributed by atoms with E-state index >= 15 is 0 Å².